The molecule has 0 aliphatic carbocycles. The Balaban J connectivity index is 4.11. The minimum absolute atomic E-state index is 0.582. The molecule has 0 aliphatic rings. The summed E-state index contributed by atoms with van der Waals surface area (Å²) < 4.78 is 0. The highest BCUT2D eigenvalue weighted by Gasteiger charge is 2.10. The van der Waals surface area contributed by atoms with Gasteiger partial charge in [0.2, 0.25) is 0 Å². The highest BCUT2D eigenvalue weighted by atomic mass is 14.2. The van der Waals surface area contributed by atoms with Crippen molar-refractivity contribution in [3.05, 3.63) is 48.6 Å². The first-order chi connectivity index (χ1) is 12.4. The molecule has 0 fully saturated rings. The third-order valence-corrected chi connectivity index (χ3v) is 5.17. The fourth-order valence-corrected chi connectivity index (χ4v) is 3.51. The largest absolute Gasteiger partial charge is 0.0998 e. The topological polar surface area (TPSA) is 0 Å². The van der Waals surface area contributed by atoms with E-state index in [4.69, 9.17) is 0 Å². The molecule has 0 spiro atoms. The lowest BCUT2D eigenvalue weighted by molar-refractivity contribution is 0.396. The zero-order valence-electron chi connectivity index (χ0n) is 18.6. The van der Waals surface area contributed by atoms with Gasteiger partial charge in [-0.05, 0) is 63.2 Å². The molecule has 0 bridgehead atoms. The zero-order valence-corrected chi connectivity index (χ0v) is 18.6. The summed E-state index contributed by atoms with van der Waals surface area (Å²) in [6, 6.07) is 0. The van der Waals surface area contributed by atoms with Gasteiger partial charge in [0.15, 0.2) is 0 Å². The van der Waals surface area contributed by atoms with E-state index < -0.39 is 0 Å². The molecule has 0 heterocycles. The molecule has 0 N–H and O–H groups in total. The Labute approximate surface area is 165 Å². The van der Waals surface area contributed by atoms with Crippen LogP contribution in [0.25, 0.3) is 0 Å². The first kappa shape index (κ1) is 25.0. The second kappa shape index (κ2) is 16.2. The first-order valence-corrected chi connectivity index (χ1v) is 11.0. The van der Waals surface area contributed by atoms with Crippen molar-refractivity contribution in [2.75, 3.05) is 0 Å². The molecule has 3 unspecified atom stereocenters. The molecule has 150 valence electrons. The minimum Gasteiger partial charge on any atom is -0.0998 e. The Morgan fingerprint density at radius 2 is 1.62 bits per heavy atom. The van der Waals surface area contributed by atoms with Crippen molar-refractivity contribution >= 4 is 0 Å². The predicted octanol–water partition coefficient (Wildman–Crippen LogP) is 8.92. The lowest BCUT2D eigenvalue weighted by Crippen LogP contribution is -2.06. The van der Waals surface area contributed by atoms with E-state index in [1.54, 1.807) is 0 Å². The van der Waals surface area contributed by atoms with Crippen LogP contribution < -0.4 is 0 Å². The van der Waals surface area contributed by atoms with Crippen molar-refractivity contribution < 1.29 is 0 Å². The van der Waals surface area contributed by atoms with Crippen molar-refractivity contribution in [3.63, 3.8) is 0 Å². The van der Waals surface area contributed by atoms with Gasteiger partial charge < -0.3 is 0 Å². The number of hydrogen-bond donors (Lipinski definition) is 0. The maximum atomic E-state index is 3.98. The first-order valence-electron chi connectivity index (χ1n) is 11.0. The minimum atomic E-state index is 0.582. The summed E-state index contributed by atoms with van der Waals surface area (Å²) in [7, 11) is 0. The Morgan fingerprint density at radius 3 is 2.19 bits per heavy atom. The molecule has 0 radical (unpaired) electrons. The maximum absolute atomic E-state index is 3.98. The average molecular weight is 359 g/mol. The van der Waals surface area contributed by atoms with Crippen LogP contribution in [0.3, 0.4) is 0 Å². The summed E-state index contributed by atoms with van der Waals surface area (Å²) in [4.78, 5) is 0. The van der Waals surface area contributed by atoms with E-state index in [9.17, 15) is 0 Å². The summed E-state index contributed by atoms with van der Waals surface area (Å²) in [6.45, 7) is 17.6. The van der Waals surface area contributed by atoms with E-state index in [0.29, 0.717) is 5.92 Å². The molecule has 0 amide bonds. The van der Waals surface area contributed by atoms with Gasteiger partial charge in [0.25, 0.3) is 0 Å². The Hall–Kier alpha value is -1.04. The van der Waals surface area contributed by atoms with Crippen molar-refractivity contribution in [1.82, 2.24) is 0 Å². The lowest BCUT2D eigenvalue weighted by Gasteiger charge is -2.18. The summed E-state index contributed by atoms with van der Waals surface area (Å²) in [5.41, 5.74) is 1.24. The SMILES string of the molecule is C=C(C)C/C=C\C(C=CC)CC(C)CCCCCC(/C=C\CC)C(C)C. The van der Waals surface area contributed by atoms with E-state index in [0.717, 1.165) is 30.6 Å². The molecule has 0 aliphatic heterocycles. The summed E-state index contributed by atoms with van der Waals surface area (Å²) in [5, 5.41) is 0. The van der Waals surface area contributed by atoms with Crippen LogP contribution in [0.15, 0.2) is 48.6 Å². The van der Waals surface area contributed by atoms with Crippen molar-refractivity contribution in [3.8, 4) is 0 Å². The highest BCUT2D eigenvalue weighted by molar-refractivity contribution is 5.05. The van der Waals surface area contributed by atoms with Crippen molar-refractivity contribution in [2.24, 2.45) is 23.7 Å². The van der Waals surface area contributed by atoms with Gasteiger partial charge in [0.1, 0.15) is 0 Å². The third kappa shape index (κ3) is 14.2. The molecule has 26 heavy (non-hydrogen) atoms. The molecular formula is C26H46. The van der Waals surface area contributed by atoms with Gasteiger partial charge in [-0.3, -0.25) is 0 Å². The van der Waals surface area contributed by atoms with Gasteiger partial charge in [-0.15, -0.1) is 0 Å². The molecule has 0 heteroatoms. The molecule has 0 saturated heterocycles. The fourth-order valence-electron chi connectivity index (χ4n) is 3.51. The maximum Gasteiger partial charge on any atom is -0.00510 e. The van der Waals surface area contributed by atoms with Crippen LogP contribution in [0.2, 0.25) is 0 Å². The van der Waals surface area contributed by atoms with Crippen LogP contribution in [0.5, 0.6) is 0 Å². The predicted molar refractivity (Wildman–Crippen MR) is 122 cm³/mol. The van der Waals surface area contributed by atoms with Gasteiger partial charge in [0.05, 0.1) is 0 Å². The van der Waals surface area contributed by atoms with Crippen LogP contribution >= 0.6 is 0 Å². The fraction of sp³-hybridized carbons (Fsp3) is 0.692. The number of unbranched alkanes of at least 4 members (excludes halogenated alkanes) is 2. The van der Waals surface area contributed by atoms with E-state index in [-0.39, 0.29) is 0 Å². The van der Waals surface area contributed by atoms with E-state index in [1.807, 2.05) is 0 Å². The highest BCUT2D eigenvalue weighted by Crippen LogP contribution is 2.24. The number of allylic oxidation sites excluding steroid dienone is 7. The molecule has 0 saturated carbocycles. The lowest BCUT2D eigenvalue weighted by atomic mass is 9.88. The van der Waals surface area contributed by atoms with Gasteiger partial charge in [-0.25, -0.2) is 0 Å². The molecule has 0 aromatic carbocycles. The number of rotatable bonds is 15. The van der Waals surface area contributed by atoms with Crippen LogP contribution in [0.1, 0.15) is 92.9 Å². The monoisotopic (exact) mass is 358 g/mol. The normalized spacial score (nSPS) is 16.1. The molecule has 0 aromatic rings. The van der Waals surface area contributed by atoms with Crippen LogP contribution in [0, 0.1) is 23.7 Å². The van der Waals surface area contributed by atoms with E-state index in [1.165, 1.54) is 44.1 Å². The van der Waals surface area contributed by atoms with Crippen LogP contribution in [0.4, 0.5) is 0 Å². The van der Waals surface area contributed by atoms with Gasteiger partial charge in [-0.2, -0.15) is 0 Å². The molecular weight excluding hydrogens is 312 g/mol. The Bertz CT molecular complexity index is 421. The number of hydrogen-bond acceptors (Lipinski definition) is 0. The van der Waals surface area contributed by atoms with Gasteiger partial charge in [-0.1, -0.05) is 102 Å². The van der Waals surface area contributed by atoms with Gasteiger partial charge >= 0.3 is 0 Å². The summed E-state index contributed by atoms with van der Waals surface area (Å²) >= 11 is 0. The second-order valence-corrected chi connectivity index (χ2v) is 8.50. The molecule has 0 aromatic heterocycles. The quantitative estimate of drug-likeness (QED) is 0.202. The second-order valence-electron chi connectivity index (χ2n) is 8.50. The zero-order chi connectivity index (χ0) is 19.8. The molecule has 0 rings (SSSR count). The van der Waals surface area contributed by atoms with Gasteiger partial charge in [0, 0.05) is 0 Å². The molecule has 0 nitrogen and oxygen atoms in total. The third-order valence-electron chi connectivity index (χ3n) is 5.17. The summed E-state index contributed by atoms with van der Waals surface area (Å²) in [5.74, 6) is 2.92. The van der Waals surface area contributed by atoms with Crippen LogP contribution in [-0.2, 0) is 0 Å². The van der Waals surface area contributed by atoms with Crippen molar-refractivity contribution in [1.29, 1.82) is 0 Å². The van der Waals surface area contributed by atoms with E-state index in [2.05, 4.69) is 84.6 Å². The Morgan fingerprint density at radius 1 is 0.923 bits per heavy atom. The smallest absolute Gasteiger partial charge is 0.00510 e. The van der Waals surface area contributed by atoms with E-state index >= 15 is 0 Å². The Kier molecular flexibility index (Phi) is 15.5. The van der Waals surface area contributed by atoms with Crippen LogP contribution in [-0.4, -0.2) is 0 Å². The summed E-state index contributed by atoms with van der Waals surface area (Å²) in [6.07, 6.45) is 24.3. The average Bonchev–Trinajstić information content (AvgIpc) is 2.56. The standard InChI is InChI=1S/C26H46/c1-8-10-19-26(23(5)6)20-13-11-12-17-24(7)21-25(15-9-2)18-14-16-22(3)4/h9-10,14-15,18-19,23-26H,3,8,11-13,16-17,20-21H2,1-2,4-7H3/b15-9?,18-14-,19-10-. The van der Waals surface area contributed by atoms with Crippen molar-refractivity contribution in [2.45, 2.75) is 92.9 Å². The molecule has 3 atom stereocenters.